The second-order valence-corrected chi connectivity index (χ2v) is 13.2. The van der Waals surface area contributed by atoms with Crippen LogP contribution in [0.2, 0.25) is 0 Å². The lowest BCUT2D eigenvalue weighted by Crippen LogP contribution is -2.39. The molecule has 2 aromatic heterocycles. The van der Waals surface area contributed by atoms with Gasteiger partial charge in [-0.05, 0) is 84.4 Å². The van der Waals surface area contributed by atoms with Gasteiger partial charge >= 0.3 is 5.97 Å². The number of aliphatic carboxylic acids is 1. The number of nitrogens with zero attached hydrogens (tertiary/aromatic N) is 4. The van der Waals surface area contributed by atoms with E-state index in [0.29, 0.717) is 29.0 Å². The van der Waals surface area contributed by atoms with Crippen LogP contribution in [-0.4, -0.2) is 70.9 Å². The highest BCUT2D eigenvalue weighted by Crippen LogP contribution is 2.43. The van der Waals surface area contributed by atoms with E-state index in [1.807, 2.05) is 20.8 Å². The van der Waals surface area contributed by atoms with Crippen LogP contribution in [0.4, 0.5) is 10.1 Å². The number of likely N-dealkylation sites (tertiary alicyclic amines) is 1. The molecule has 1 atom stereocenters. The third-order valence-electron chi connectivity index (χ3n) is 8.10. The Morgan fingerprint density at radius 2 is 1.78 bits per heavy atom. The zero-order valence-corrected chi connectivity index (χ0v) is 25.6. The van der Waals surface area contributed by atoms with Crippen LogP contribution in [0.5, 0.6) is 5.88 Å². The highest BCUT2D eigenvalue weighted by molar-refractivity contribution is 5.86. The van der Waals surface area contributed by atoms with Crippen molar-refractivity contribution in [3.05, 3.63) is 35.5 Å². The molecule has 4 heterocycles. The maximum Gasteiger partial charge on any atom is 0.337 e. The first kappa shape index (κ1) is 31.2. The molecule has 0 bridgehead atoms. The van der Waals surface area contributed by atoms with Crippen molar-refractivity contribution in [3.63, 3.8) is 0 Å². The molecule has 0 amide bonds. The van der Waals surface area contributed by atoms with Gasteiger partial charge in [0.1, 0.15) is 0 Å². The summed E-state index contributed by atoms with van der Waals surface area (Å²) in [7, 11) is 0. The number of rotatable bonds is 10. The molecule has 41 heavy (non-hydrogen) atoms. The predicted molar refractivity (Wildman–Crippen MR) is 159 cm³/mol. The molecule has 0 unspecified atom stereocenters. The van der Waals surface area contributed by atoms with Crippen LogP contribution in [0, 0.1) is 18.2 Å². The van der Waals surface area contributed by atoms with E-state index in [1.165, 1.54) is 25.3 Å². The number of pyridine rings is 2. The fraction of sp³-hybridized carbons (Fsp3) is 0.656. The summed E-state index contributed by atoms with van der Waals surface area (Å²) in [5.41, 5.74) is 2.45. The summed E-state index contributed by atoms with van der Waals surface area (Å²) < 4.78 is 27.1. The van der Waals surface area contributed by atoms with Gasteiger partial charge in [-0.25, -0.2) is 14.2 Å². The van der Waals surface area contributed by atoms with Crippen LogP contribution in [0.3, 0.4) is 0 Å². The zero-order valence-electron chi connectivity index (χ0n) is 25.6. The van der Waals surface area contributed by atoms with E-state index in [9.17, 15) is 9.90 Å². The van der Waals surface area contributed by atoms with Crippen molar-refractivity contribution in [1.29, 1.82) is 0 Å². The van der Waals surface area contributed by atoms with E-state index in [1.54, 1.807) is 19.3 Å². The third-order valence-corrected chi connectivity index (χ3v) is 8.10. The quantitative estimate of drug-likeness (QED) is 0.328. The van der Waals surface area contributed by atoms with Gasteiger partial charge in [0, 0.05) is 54.4 Å². The maximum atomic E-state index is 15.3. The van der Waals surface area contributed by atoms with Crippen molar-refractivity contribution in [2.24, 2.45) is 5.41 Å². The Morgan fingerprint density at radius 3 is 2.39 bits per heavy atom. The summed E-state index contributed by atoms with van der Waals surface area (Å²) in [5, 5.41) is 10.3. The Balaban J connectivity index is 1.65. The number of halogens is 1. The molecule has 2 aromatic rings. The lowest BCUT2D eigenvalue weighted by molar-refractivity contribution is -0.160. The van der Waals surface area contributed by atoms with Crippen molar-refractivity contribution >= 4 is 11.7 Å². The van der Waals surface area contributed by atoms with Crippen LogP contribution in [0.25, 0.3) is 11.1 Å². The van der Waals surface area contributed by atoms with E-state index in [2.05, 4.69) is 33.6 Å². The number of hydrogen-bond donors (Lipinski definition) is 1. The van der Waals surface area contributed by atoms with Gasteiger partial charge in [0.2, 0.25) is 5.88 Å². The largest absolute Gasteiger partial charge is 0.479 e. The van der Waals surface area contributed by atoms with Gasteiger partial charge in [-0.1, -0.05) is 20.3 Å². The molecule has 2 aliphatic heterocycles. The minimum Gasteiger partial charge on any atom is -0.479 e. The number of piperidine rings is 2. The van der Waals surface area contributed by atoms with E-state index in [4.69, 9.17) is 9.47 Å². The number of anilines is 1. The molecule has 8 nitrogen and oxygen atoms in total. The van der Waals surface area contributed by atoms with Crippen LogP contribution in [-0.2, 0) is 9.53 Å². The second kappa shape index (κ2) is 13.0. The SMILES string of the molecule is Cc1ncc(-c2cnc(OCCCN3CCCCC3)c(F)c2)c(N2CCC(C)(C)CC2)c1[C@H](OC(C)(C)C)C(=O)O. The van der Waals surface area contributed by atoms with Crippen LogP contribution in [0.15, 0.2) is 18.5 Å². The summed E-state index contributed by atoms with van der Waals surface area (Å²) in [6.45, 7) is 16.9. The van der Waals surface area contributed by atoms with Crippen molar-refractivity contribution in [2.45, 2.75) is 91.8 Å². The van der Waals surface area contributed by atoms with E-state index in [-0.39, 0.29) is 11.3 Å². The second-order valence-electron chi connectivity index (χ2n) is 13.2. The Labute approximate surface area is 244 Å². The fourth-order valence-corrected chi connectivity index (χ4v) is 5.72. The number of aromatic nitrogens is 2. The zero-order chi connectivity index (χ0) is 29.8. The average Bonchev–Trinajstić information content (AvgIpc) is 2.90. The highest BCUT2D eigenvalue weighted by Gasteiger charge is 2.36. The molecule has 0 aliphatic carbocycles. The Hall–Kier alpha value is -2.78. The van der Waals surface area contributed by atoms with Gasteiger partial charge < -0.3 is 24.4 Å². The molecule has 226 valence electrons. The van der Waals surface area contributed by atoms with E-state index < -0.39 is 23.5 Å². The number of carbonyl (C=O) groups is 1. The molecule has 9 heteroatoms. The Bertz CT molecular complexity index is 1200. The molecule has 0 spiro atoms. The van der Waals surface area contributed by atoms with Crippen molar-refractivity contribution < 1.29 is 23.8 Å². The smallest absolute Gasteiger partial charge is 0.337 e. The van der Waals surface area contributed by atoms with Crippen molar-refractivity contribution in [3.8, 4) is 17.0 Å². The van der Waals surface area contributed by atoms with E-state index >= 15 is 4.39 Å². The Morgan fingerprint density at radius 1 is 1.10 bits per heavy atom. The molecule has 2 aliphatic rings. The first-order valence-electron chi connectivity index (χ1n) is 15.0. The maximum absolute atomic E-state index is 15.3. The molecule has 0 saturated carbocycles. The number of aryl methyl sites for hydroxylation is 1. The number of hydrogen-bond acceptors (Lipinski definition) is 7. The summed E-state index contributed by atoms with van der Waals surface area (Å²) in [4.78, 5) is 26.1. The van der Waals surface area contributed by atoms with Gasteiger partial charge in [-0.2, -0.15) is 0 Å². The average molecular weight is 571 g/mol. The molecule has 0 aromatic carbocycles. The highest BCUT2D eigenvalue weighted by atomic mass is 19.1. The number of carboxylic acid groups (broad SMARTS) is 1. The van der Waals surface area contributed by atoms with Crippen LogP contribution in [0.1, 0.15) is 90.5 Å². The minimum absolute atomic E-state index is 0.0200. The topological polar surface area (TPSA) is 88.0 Å². The van der Waals surface area contributed by atoms with Gasteiger partial charge in [-0.15, -0.1) is 0 Å². The monoisotopic (exact) mass is 570 g/mol. The minimum atomic E-state index is -1.23. The fourth-order valence-electron chi connectivity index (χ4n) is 5.72. The summed E-state index contributed by atoms with van der Waals surface area (Å²) in [6.07, 6.45) is 8.54. The van der Waals surface area contributed by atoms with Crippen LogP contribution >= 0.6 is 0 Å². The van der Waals surface area contributed by atoms with Gasteiger partial charge in [0.05, 0.1) is 17.9 Å². The molecule has 4 rings (SSSR count). The first-order valence-corrected chi connectivity index (χ1v) is 15.0. The van der Waals surface area contributed by atoms with Gasteiger partial charge in [0.25, 0.3) is 0 Å². The molecule has 2 saturated heterocycles. The van der Waals surface area contributed by atoms with Crippen LogP contribution < -0.4 is 9.64 Å². The first-order chi connectivity index (χ1) is 19.3. The lowest BCUT2D eigenvalue weighted by atomic mass is 9.82. The lowest BCUT2D eigenvalue weighted by Gasteiger charge is -2.40. The normalized spacial score (nSPS) is 18.8. The molecular formula is C32H47FN4O4. The van der Waals surface area contributed by atoms with Gasteiger partial charge in [-0.3, -0.25) is 4.98 Å². The number of ether oxygens (including phenoxy) is 2. The van der Waals surface area contributed by atoms with Gasteiger partial charge in [0.15, 0.2) is 11.9 Å². The Kier molecular flexibility index (Phi) is 9.90. The predicted octanol–water partition coefficient (Wildman–Crippen LogP) is 6.41. The molecule has 0 radical (unpaired) electrons. The summed E-state index contributed by atoms with van der Waals surface area (Å²) in [5.74, 6) is -1.65. The molecular weight excluding hydrogens is 523 g/mol. The summed E-state index contributed by atoms with van der Waals surface area (Å²) in [6, 6.07) is 1.42. The van der Waals surface area contributed by atoms with E-state index in [0.717, 1.165) is 57.7 Å². The third kappa shape index (κ3) is 8.16. The standard InChI is InChI=1S/C32H47FN4O4/c1-22-26(28(30(38)39)41-31(2,3)4)27(37-16-11-32(5,6)12-17-37)24(21-34-22)23-19-25(33)29(35-20-23)40-18-10-15-36-13-8-7-9-14-36/h19-21,28H,7-18H2,1-6H3,(H,38,39)/t28-/m0/s1. The number of carboxylic acids is 1. The van der Waals surface area contributed by atoms with Crippen molar-refractivity contribution in [1.82, 2.24) is 14.9 Å². The van der Waals surface area contributed by atoms with Crippen molar-refractivity contribution in [2.75, 3.05) is 44.2 Å². The molecule has 1 N–H and O–H groups in total. The molecule has 2 fully saturated rings. The summed E-state index contributed by atoms with van der Waals surface area (Å²) >= 11 is 0.